The highest BCUT2D eigenvalue weighted by Crippen LogP contribution is 2.14. The maximum Gasteiger partial charge on any atom is 0.227 e. The second kappa shape index (κ2) is 8.48. The van der Waals surface area contributed by atoms with Crippen LogP contribution in [0.4, 0.5) is 0 Å². The second-order valence-corrected chi connectivity index (χ2v) is 4.64. The third-order valence-electron chi connectivity index (χ3n) is 3.38. The highest BCUT2D eigenvalue weighted by Gasteiger charge is 2.27. The Kier molecular flexibility index (Phi) is 8.17. The molecule has 4 nitrogen and oxygen atoms in total. The van der Waals surface area contributed by atoms with Crippen molar-refractivity contribution in [1.82, 2.24) is 4.90 Å². The van der Waals surface area contributed by atoms with Gasteiger partial charge >= 0.3 is 0 Å². The van der Waals surface area contributed by atoms with Crippen LogP contribution in [0.1, 0.15) is 40.5 Å². The third kappa shape index (κ3) is 5.04. The fourth-order valence-corrected chi connectivity index (χ4v) is 1.88. The van der Waals surface area contributed by atoms with Crippen LogP contribution < -0.4 is 5.73 Å². The van der Waals surface area contributed by atoms with Crippen LogP contribution in [-0.2, 0) is 9.53 Å². The van der Waals surface area contributed by atoms with E-state index in [-0.39, 0.29) is 17.9 Å². The SMILES string of the molecule is CCC(CC)N(CCOC)C(=O)C(C)C(C)N. The van der Waals surface area contributed by atoms with E-state index in [1.807, 2.05) is 18.7 Å². The number of hydrogen-bond donors (Lipinski definition) is 1. The number of ether oxygens (including phenoxy) is 1. The van der Waals surface area contributed by atoms with E-state index >= 15 is 0 Å². The van der Waals surface area contributed by atoms with Gasteiger partial charge < -0.3 is 15.4 Å². The quantitative estimate of drug-likeness (QED) is 0.706. The van der Waals surface area contributed by atoms with E-state index in [9.17, 15) is 4.79 Å². The molecule has 0 aromatic heterocycles. The van der Waals surface area contributed by atoms with Crippen molar-refractivity contribution < 1.29 is 9.53 Å². The molecule has 0 aliphatic rings. The molecule has 0 bridgehead atoms. The lowest BCUT2D eigenvalue weighted by molar-refractivity contribution is -0.138. The fraction of sp³-hybridized carbons (Fsp3) is 0.923. The van der Waals surface area contributed by atoms with Gasteiger partial charge in [0.15, 0.2) is 0 Å². The third-order valence-corrected chi connectivity index (χ3v) is 3.38. The van der Waals surface area contributed by atoms with Crippen molar-refractivity contribution in [2.45, 2.75) is 52.6 Å². The molecule has 2 atom stereocenters. The largest absolute Gasteiger partial charge is 0.383 e. The van der Waals surface area contributed by atoms with Crippen molar-refractivity contribution in [3.63, 3.8) is 0 Å². The Morgan fingerprint density at radius 3 is 2.18 bits per heavy atom. The number of nitrogens with zero attached hydrogens (tertiary/aromatic N) is 1. The minimum absolute atomic E-state index is 0.109. The highest BCUT2D eigenvalue weighted by molar-refractivity contribution is 5.79. The first kappa shape index (κ1) is 16.4. The predicted molar refractivity (Wildman–Crippen MR) is 70.8 cm³/mol. The van der Waals surface area contributed by atoms with E-state index in [1.165, 1.54) is 0 Å². The van der Waals surface area contributed by atoms with Gasteiger partial charge in [-0.1, -0.05) is 20.8 Å². The summed E-state index contributed by atoms with van der Waals surface area (Å²) < 4.78 is 5.08. The summed E-state index contributed by atoms with van der Waals surface area (Å²) in [4.78, 5) is 14.3. The van der Waals surface area contributed by atoms with Gasteiger partial charge in [0, 0.05) is 25.7 Å². The lowest BCUT2D eigenvalue weighted by atomic mass is 10.0. The molecular formula is C13H28N2O2. The van der Waals surface area contributed by atoms with Crippen molar-refractivity contribution >= 4 is 5.91 Å². The number of rotatable bonds is 8. The Balaban J connectivity index is 4.71. The molecule has 0 aromatic rings. The van der Waals surface area contributed by atoms with Crippen LogP contribution in [0.5, 0.6) is 0 Å². The number of hydrogen-bond acceptors (Lipinski definition) is 3. The van der Waals surface area contributed by atoms with Crippen LogP contribution >= 0.6 is 0 Å². The molecule has 0 aliphatic carbocycles. The topological polar surface area (TPSA) is 55.6 Å². The Bertz CT molecular complexity index is 215. The first-order valence-electron chi connectivity index (χ1n) is 6.54. The molecular weight excluding hydrogens is 216 g/mol. The zero-order valence-corrected chi connectivity index (χ0v) is 11.9. The lowest BCUT2D eigenvalue weighted by Gasteiger charge is -2.33. The molecule has 0 radical (unpaired) electrons. The molecule has 0 heterocycles. The fourth-order valence-electron chi connectivity index (χ4n) is 1.88. The normalized spacial score (nSPS) is 14.8. The van der Waals surface area contributed by atoms with Crippen molar-refractivity contribution in [2.75, 3.05) is 20.3 Å². The summed E-state index contributed by atoms with van der Waals surface area (Å²) in [6.07, 6.45) is 1.94. The highest BCUT2D eigenvalue weighted by atomic mass is 16.5. The van der Waals surface area contributed by atoms with Gasteiger partial charge in [-0.15, -0.1) is 0 Å². The van der Waals surface area contributed by atoms with Crippen LogP contribution in [0.2, 0.25) is 0 Å². The van der Waals surface area contributed by atoms with Gasteiger partial charge in [-0.25, -0.2) is 0 Å². The van der Waals surface area contributed by atoms with E-state index in [0.717, 1.165) is 12.8 Å². The molecule has 17 heavy (non-hydrogen) atoms. The average Bonchev–Trinajstić information content (AvgIpc) is 2.32. The van der Waals surface area contributed by atoms with Gasteiger partial charge in [0.05, 0.1) is 12.5 Å². The number of nitrogens with two attached hydrogens (primary N) is 1. The molecule has 2 N–H and O–H groups in total. The summed E-state index contributed by atoms with van der Waals surface area (Å²) in [5.74, 6) is 0.0122. The van der Waals surface area contributed by atoms with E-state index < -0.39 is 0 Å². The van der Waals surface area contributed by atoms with Crippen LogP contribution in [0.15, 0.2) is 0 Å². The van der Waals surface area contributed by atoms with E-state index in [0.29, 0.717) is 19.2 Å². The zero-order valence-electron chi connectivity index (χ0n) is 11.9. The van der Waals surface area contributed by atoms with E-state index in [1.54, 1.807) is 7.11 Å². The Morgan fingerprint density at radius 2 is 1.82 bits per heavy atom. The maximum absolute atomic E-state index is 12.3. The molecule has 0 saturated carbocycles. The molecule has 4 heteroatoms. The maximum atomic E-state index is 12.3. The number of carbonyl (C=O) groups is 1. The standard InChI is InChI=1S/C13H28N2O2/c1-6-12(7-2)15(8-9-17-5)13(16)10(3)11(4)14/h10-12H,6-9,14H2,1-5H3. The predicted octanol–water partition coefficient (Wildman–Crippen LogP) is 1.63. The molecule has 102 valence electrons. The smallest absolute Gasteiger partial charge is 0.227 e. The second-order valence-electron chi connectivity index (χ2n) is 4.64. The average molecular weight is 244 g/mol. The van der Waals surface area contributed by atoms with Crippen molar-refractivity contribution in [3.05, 3.63) is 0 Å². The van der Waals surface area contributed by atoms with Gasteiger partial charge in [-0.3, -0.25) is 4.79 Å². The molecule has 0 aromatic carbocycles. The number of amides is 1. The van der Waals surface area contributed by atoms with E-state index in [4.69, 9.17) is 10.5 Å². The van der Waals surface area contributed by atoms with Crippen LogP contribution in [0, 0.1) is 5.92 Å². The number of carbonyl (C=O) groups excluding carboxylic acids is 1. The molecule has 0 rings (SSSR count). The molecule has 0 aliphatic heterocycles. The monoisotopic (exact) mass is 244 g/mol. The summed E-state index contributed by atoms with van der Waals surface area (Å²) >= 11 is 0. The molecule has 0 fully saturated rings. The number of methoxy groups -OCH3 is 1. The minimum atomic E-state index is -0.132. The van der Waals surface area contributed by atoms with Crippen molar-refractivity contribution in [3.8, 4) is 0 Å². The Hall–Kier alpha value is -0.610. The summed E-state index contributed by atoms with van der Waals surface area (Å²) in [7, 11) is 1.66. The van der Waals surface area contributed by atoms with E-state index in [2.05, 4.69) is 13.8 Å². The van der Waals surface area contributed by atoms with Crippen LogP contribution in [0.25, 0.3) is 0 Å². The van der Waals surface area contributed by atoms with Crippen LogP contribution in [0.3, 0.4) is 0 Å². The Morgan fingerprint density at radius 1 is 1.29 bits per heavy atom. The first-order chi connectivity index (χ1) is 7.99. The van der Waals surface area contributed by atoms with Crippen LogP contribution in [-0.4, -0.2) is 43.2 Å². The zero-order chi connectivity index (χ0) is 13.4. The summed E-state index contributed by atoms with van der Waals surface area (Å²) in [6.45, 7) is 9.22. The molecule has 0 spiro atoms. The lowest BCUT2D eigenvalue weighted by Crippen LogP contribution is -2.47. The minimum Gasteiger partial charge on any atom is -0.383 e. The van der Waals surface area contributed by atoms with Gasteiger partial charge in [0.25, 0.3) is 0 Å². The molecule has 0 saturated heterocycles. The van der Waals surface area contributed by atoms with Crippen molar-refractivity contribution in [2.24, 2.45) is 11.7 Å². The Labute approximate surface area is 105 Å². The summed E-state index contributed by atoms with van der Waals surface area (Å²) in [6, 6.07) is 0.181. The van der Waals surface area contributed by atoms with Gasteiger partial charge in [0.1, 0.15) is 0 Å². The molecule has 2 unspecified atom stereocenters. The van der Waals surface area contributed by atoms with Gasteiger partial charge in [0.2, 0.25) is 5.91 Å². The first-order valence-corrected chi connectivity index (χ1v) is 6.54. The van der Waals surface area contributed by atoms with Crippen molar-refractivity contribution in [1.29, 1.82) is 0 Å². The summed E-state index contributed by atoms with van der Waals surface area (Å²) in [5, 5.41) is 0. The molecule has 1 amide bonds. The summed E-state index contributed by atoms with van der Waals surface area (Å²) in [5.41, 5.74) is 5.81. The van der Waals surface area contributed by atoms with Gasteiger partial charge in [-0.2, -0.15) is 0 Å². The van der Waals surface area contributed by atoms with Gasteiger partial charge in [-0.05, 0) is 19.8 Å².